The van der Waals surface area contributed by atoms with E-state index in [4.69, 9.17) is 9.47 Å². The van der Waals surface area contributed by atoms with Gasteiger partial charge in [-0.2, -0.15) is 0 Å². The molecular weight excluding hydrogens is 456 g/mol. The van der Waals surface area contributed by atoms with E-state index in [0.29, 0.717) is 12.5 Å². The minimum Gasteiger partial charge on any atom is -0.356 e. The number of urea groups is 1. The van der Waals surface area contributed by atoms with Crippen LogP contribution in [0.15, 0.2) is 0 Å². The minimum atomic E-state index is -1.04. The lowest BCUT2D eigenvalue weighted by Gasteiger charge is -2.30. The molecule has 1 saturated heterocycles. The first-order valence-electron chi connectivity index (χ1n) is 12.6. The Bertz CT molecular complexity index is 752. The van der Waals surface area contributed by atoms with Gasteiger partial charge in [-0.3, -0.25) is 24.5 Å². The van der Waals surface area contributed by atoms with Gasteiger partial charge in [0.25, 0.3) is 5.91 Å². The van der Waals surface area contributed by atoms with Crippen LogP contribution in [0, 0.1) is 17.8 Å². The summed E-state index contributed by atoms with van der Waals surface area (Å²) in [4.78, 5) is 53.4. The lowest BCUT2D eigenvalue weighted by molar-refractivity contribution is -0.138. The molecule has 0 aromatic rings. The molecule has 35 heavy (non-hydrogen) atoms. The van der Waals surface area contributed by atoms with Crippen molar-refractivity contribution in [2.45, 2.75) is 77.8 Å². The number of carbonyl (C=O) groups is 4. The van der Waals surface area contributed by atoms with E-state index in [-0.39, 0.29) is 38.2 Å². The third-order valence-corrected chi connectivity index (χ3v) is 7.41. The number of hydrogen-bond acceptors (Lipinski definition) is 7. The van der Waals surface area contributed by atoms with Gasteiger partial charge in [0.15, 0.2) is 0 Å². The molecule has 0 bridgehead atoms. The summed E-state index contributed by atoms with van der Waals surface area (Å²) in [6.07, 6.45) is 4.83. The summed E-state index contributed by atoms with van der Waals surface area (Å²) in [5.41, 5.74) is 0.592. The number of nitrogens with zero attached hydrogens (tertiary/aromatic N) is 2. The first kappa shape index (κ1) is 29.0. The first-order valence-corrected chi connectivity index (χ1v) is 12.6. The molecule has 2 aliphatic rings. The summed E-state index contributed by atoms with van der Waals surface area (Å²) >= 11 is 0. The Balaban J connectivity index is 2.12. The van der Waals surface area contributed by atoms with Crippen LogP contribution in [0.2, 0.25) is 0 Å². The number of amides is 5. The molecule has 2 atom stereocenters. The van der Waals surface area contributed by atoms with Crippen molar-refractivity contribution in [3.05, 3.63) is 0 Å². The number of imide groups is 1. The second-order valence-electron chi connectivity index (χ2n) is 10.0. The molecule has 1 aliphatic carbocycles. The van der Waals surface area contributed by atoms with Gasteiger partial charge < -0.3 is 19.7 Å². The summed E-state index contributed by atoms with van der Waals surface area (Å²) in [6, 6.07) is -1.09. The van der Waals surface area contributed by atoms with Crippen LogP contribution in [0.1, 0.15) is 66.2 Å². The third-order valence-electron chi connectivity index (χ3n) is 7.41. The average molecular weight is 499 g/mol. The maximum absolute atomic E-state index is 13.0. The van der Waals surface area contributed by atoms with Gasteiger partial charge in [0.05, 0.1) is 18.6 Å². The molecule has 5 amide bonds. The van der Waals surface area contributed by atoms with Crippen LogP contribution in [0.25, 0.3) is 0 Å². The quantitative estimate of drug-likeness (QED) is 0.116. The van der Waals surface area contributed by atoms with Crippen LogP contribution < -0.4 is 10.8 Å². The molecule has 11 heteroatoms. The maximum atomic E-state index is 13.0. The second-order valence-corrected chi connectivity index (χ2v) is 10.0. The Hall–Kier alpha value is -2.24. The number of ether oxygens (including phenoxy) is 2. The molecule has 3 N–H and O–H groups in total. The number of likely N-dealkylation sites (N-methyl/N-ethyl adjacent to an activating group) is 1. The summed E-state index contributed by atoms with van der Waals surface area (Å²) in [5.74, 6) is -1.67. The van der Waals surface area contributed by atoms with E-state index in [1.165, 1.54) is 11.9 Å². The zero-order valence-corrected chi connectivity index (χ0v) is 21.7. The van der Waals surface area contributed by atoms with E-state index in [1.54, 1.807) is 19.3 Å². The molecule has 0 unspecified atom stereocenters. The largest absolute Gasteiger partial charge is 0.356 e. The lowest BCUT2D eigenvalue weighted by Crippen LogP contribution is -2.48. The van der Waals surface area contributed by atoms with Crippen molar-refractivity contribution in [2.75, 3.05) is 33.6 Å². The molecule has 1 aliphatic heterocycles. The van der Waals surface area contributed by atoms with Gasteiger partial charge in [-0.15, -0.1) is 0 Å². The second kappa shape index (κ2) is 13.2. The Morgan fingerprint density at radius 2 is 1.80 bits per heavy atom. The fourth-order valence-electron chi connectivity index (χ4n) is 4.71. The van der Waals surface area contributed by atoms with Crippen molar-refractivity contribution in [3.63, 3.8) is 0 Å². The average Bonchev–Trinajstić information content (AvgIpc) is 3.00. The van der Waals surface area contributed by atoms with E-state index in [2.05, 4.69) is 12.2 Å². The summed E-state index contributed by atoms with van der Waals surface area (Å²) in [7, 11) is 1.53. The molecule has 0 spiro atoms. The molecular formula is C24H42N4O7. The maximum Gasteiger partial charge on any atom is 0.327 e. The van der Waals surface area contributed by atoms with E-state index in [9.17, 15) is 24.4 Å². The van der Waals surface area contributed by atoms with Gasteiger partial charge in [0, 0.05) is 26.1 Å². The van der Waals surface area contributed by atoms with Crippen molar-refractivity contribution in [2.24, 2.45) is 17.8 Å². The zero-order valence-electron chi connectivity index (χ0n) is 21.7. The van der Waals surface area contributed by atoms with Crippen molar-refractivity contribution < 1.29 is 33.9 Å². The van der Waals surface area contributed by atoms with Crippen molar-refractivity contribution in [1.82, 2.24) is 20.6 Å². The molecule has 0 aromatic carbocycles. The van der Waals surface area contributed by atoms with Crippen LogP contribution in [-0.4, -0.2) is 83.9 Å². The van der Waals surface area contributed by atoms with E-state index in [0.717, 1.165) is 37.0 Å². The Kier molecular flexibility index (Phi) is 10.9. The van der Waals surface area contributed by atoms with Crippen molar-refractivity contribution >= 4 is 23.8 Å². The van der Waals surface area contributed by atoms with Gasteiger partial charge in [-0.1, -0.05) is 13.3 Å². The van der Waals surface area contributed by atoms with E-state index < -0.39 is 35.3 Å². The lowest BCUT2D eigenvalue weighted by atomic mass is 9.80. The predicted molar refractivity (Wildman–Crippen MR) is 127 cm³/mol. The number of rotatable bonds is 13. The van der Waals surface area contributed by atoms with Gasteiger partial charge in [-0.25, -0.2) is 10.3 Å². The fraction of sp³-hybridized carbons (Fsp3) is 0.833. The molecule has 1 heterocycles. The molecule has 2 rings (SSSR count). The molecule has 11 nitrogen and oxygen atoms in total. The normalized spacial score (nSPS) is 23.8. The number of hydrogen-bond donors (Lipinski definition) is 3. The highest BCUT2D eigenvalue weighted by Crippen LogP contribution is 2.31. The number of carbonyl (C=O) groups excluding carboxylic acids is 4. The van der Waals surface area contributed by atoms with Crippen LogP contribution in [-0.2, 0) is 23.9 Å². The van der Waals surface area contributed by atoms with E-state index in [1.807, 2.05) is 6.92 Å². The monoisotopic (exact) mass is 498 g/mol. The number of nitrogens with one attached hydrogen (secondary N) is 2. The SMILES string of the molecule is CCOCOC[C@H](C[C@H](CN1C(=O)N(C)C(C)(C)C1=O)C(=O)NO)NC(=O)C1CCC(CC)CC1. The Morgan fingerprint density at radius 3 is 2.31 bits per heavy atom. The predicted octanol–water partition coefficient (Wildman–Crippen LogP) is 1.88. The highest BCUT2D eigenvalue weighted by molar-refractivity contribution is 6.06. The fourth-order valence-corrected chi connectivity index (χ4v) is 4.71. The topological polar surface area (TPSA) is 138 Å². The van der Waals surface area contributed by atoms with Gasteiger partial charge >= 0.3 is 6.03 Å². The summed E-state index contributed by atoms with van der Waals surface area (Å²) < 4.78 is 10.8. The number of hydroxylamine groups is 1. The van der Waals surface area contributed by atoms with Crippen LogP contribution in [0.3, 0.4) is 0 Å². The van der Waals surface area contributed by atoms with Crippen LogP contribution in [0.5, 0.6) is 0 Å². The summed E-state index contributed by atoms with van der Waals surface area (Å²) in [6.45, 7) is 7.62. The summed E-state index contributed by atoms with van der Waals surface area (Å²) in [5, 5.41) is 12.3. The minimum absolute atomic E-state index is 0.0312. The zero-order chi connectivity index (χ0) is 26.2. The molecule has 0 aromatic heterocycles. The molecule has 0 radical (unpaired) electrons. The molecule has 1 saturated carbocycles. The Morgan fingerprint density at radius 1 is 1.14 bits per heavy atom. The highest BCUT2D eigenvalue weighted by Gasteiger charge is 2.50. The molecule has 2 fully saturated rings. The van der Waals surface area contributed by atoms with Crippen LogP contribution in [0.4, 0.5) is 4.79 Å². The third kappa shape index (κ3) is 7.37. The van der Waals surface area contributed by atoms with Gasteiger partial charge in [0.1, 0.15) is 12.3 Å². The van der Waals surface area contributed by atoms with Gasteiger partial charge in [0.2, 0.25) is 11.8 Å². The molecule has 200 valence electrons. The highest BCUT2D eigenvalue weighted by atomic mass is 16.7. The smallest absolute Gasteiger partial charge is 0.327 e. The van der Waals surface area contributed by atoms with Crippen LogP contribution >= 0.6 is 0 Å². The van der Waals surface area contributed by atoms with Gasteiger partial charge in [-0.05, 0) is 58.8 Å². The first-order chi connectivity index (χ1) is 16.6. The standard InChI is InChI=1S/C24H42N4O7/c1-6-16-8-10-17(11-9-16)20(29)25-19(14-35-15-34-7-2)12-18(21(30)26-33)13-28-22(31)24(3,4)27(5)23(28)32/h16-19,33H,6-15H2,1-5H3,(H,25,29)(H,26,30)/t16?,17?,18-,19+/m1/s1. The van der Waals surface area contributed by atoms with Crippen molar-refractivity contribution in [1.29, 1.82) is 0 Å². The van der Waals surface area contributed by atoms with E-state index >= 15 is 0 Å². The van der Waals surface area contributed by atoms with Crippen molar-refractivity contribution in [3.8, 4) is 0 Å². The Labute approximate surface area is 207 Å².